The molecule has 88 valence electrons. The number of hydrogen-bond donors (Lipinski definition) is 0. The van der Waals surface area contributed by atoms with E-state index in [0.29, 0.717) is 11.6 Å². The van der Waals surface area contributed by atoms with Crippen LogP contribution >= 0.6 is 23.2 Å². The van der Waals surface area contributed by atoms with Crippen LogP contribution in [0.25, 0.3) is 0 Å². The third kappa shape index (κ3) is 4.07. The molecule has 0 N–H and O–H groups in total. The van der Waals surface area contributed by atoms with Gasteiger partial charge in [0.1, 0.15) is 12.4 Å². The summed E-state index contributed by atoms with van der Waals surface area (Å²) in [4.78, 5) is 0. The predicted octanol–water partition coefficient (Wildman–Crippen LogP) is 4.68. The van der Waals surface area contributed by atoms with E-state index in [4.69, 9.17) is 27.9 Å². The molecule has 0 aliphatic rings. The van der Waals surface area contributed by atoms with Crippen LogP contribution in [-0.4, -0.2) is 6.61 Å². The van der Waals surface area contributed by atoms with Gasteiger partial charge in [0.25, 0.3) is 0 Å². The van der Waals surface area contributed by atoms with Gasteiger partial charge >= 0.3 is 0 Å². The van der Waals surface area contributed by atoms with E-state index in [1.54, 1.807) is 0 Å². The summed E-state index contributed by atoms with van der Waals surface area (Å²) in [7, 11) is 0. The fourth-order valence-corrected chi connectivity index (χ4v) is 1.35. The minimum absolute atomic E-state index is 0.159. The van der Waals surface area contributed by atoms with Crippen molar-refractivity contribution in [3.63, 3.8) is 0 Å². The van der Waals surface area contributed by atoms with Crippen LogP contribution in [0.3, 0.4) is 0 Å². The van der Waals surface area contributed by atoms with E-state index in [1.807, 2.05) is 12.1 Å². The van der Waals surface area contributed by atoms with Crippen molar-refractivity contribution in [2.75, 3.05) is 6.61 Å². The first-order chi connectivity index (χ1) is 7.43. The van der Waals surface area contributed by atoms with Crippen LogP contribution in [0.15, 0.2) is 34.8 Å². The van der Waals surface area contributed by atoms with E-state index in [9.17, 15) is 0 Å². The van der Waals surface area contributed by atoms with Crippen molar-refractivity contribution >= 4 is 23.2 Å². The van der Waals surface area contributed by atoms with Gasteiger partial charge in [-0.2, -0.15) is 0 Å². The second-order valence-electron chi connectivity index (χ2n) is 4.62. The molecule has 1 aromatic carbocycles. The van der Waals surface area contributed by atoms with Crippen LogP contribution in [0.2, 0.25) is 0 Å². The first kappa shape index (κ1) is 13.4. The molecule has 0 saturated heterocycles. The largest absolute Gasteiger partial charge is 0.488 e. The zero-order chi connectivity index (χ0) is 12.2. The molecule has 0 saturated carbocycles. The molecular weight excluding hydrogens is 243 g/mol. The lowest BCUT2D eigenvalue weighted by atomic mass is 9.87. The highest BCUT2D eigenvalue weighted by molar-refractivity contribution is 6.36. The van der Waals surface area contributed by atoms with Gasteiger partial charge in [0.05, 0.1) is 5.03 Å². The van der Waals surface area contributed by atoms with Crippen molar-refractivity contribution < 1.29 is 4.74 Å². The quantitative estimate of drug-likeness (QED) is 0.765. The minimum atomic E-state index is 0.159. The summed E-state index contributed by atoms with van der Waals surface area (Å²) in [5.74, 6) is 0.796. The fourth-order valence-electron chi connectivity index (χ4n) is 1.23. The van der Waals surface area contributed by atoms with Crippen molar-refractivity contribution in [2.45, 2.75) is 26.2 Å². The van der Waals surface area contributed by atoms with Crippen molar-refractivity contribution in [3.8, 4) is 5.75 Å². The second-order valence-corrected chi connectivity index (χ2v) is 5.32. The SMILES string of the molecule is CC(C)(C)c1ccc(OCC(Cl)=CCl)cc1. The molecule has 0 aliphatic carbocycles. The van der Waals surface area contributed by atoms with Crippen LogP contribution in [0.4, 0.5) is 0 Å². The van der Waals surface area contributed by atoms with Crippen LogP contribution in [0.5, 0.6) is 5.75 Å². The van der Waals surface area contributed by atoms with Crippen molar-refractivity contribution in [2.24, 2.45) is 0 Å². The molecule has 0 spiro atoms. The Morgan fingerprint density at radius 1 is 1.25 bits per heavy atom. The highest BCUT2D eigenvalue weighted by atomic mass is 35.5. The Kier molecular flexibility index (Phi) is 4.69. The summed E-state index contributed by atoms with van der Waals surface area (Å²) in [5, 5.41) is 0.488. The van der Waals surface area contributed by atoms with Crippen LogP contribution in [0, 0.1) is 0 Å². The van der Waals surface area contributed by atoms with E-state index >= 15 is 0 Å². The Hall–Kier alpha value is -0.660. The molecular formula is C13H16Cl2O. The average Bonchev–Trinajstić information content (AvgIpc) is 2.25. The average molecular weight is 259 g/mol. The molecule has 0 amide bonds. The number of rotatable bonds is 3. The Balaban J connectivity index is 2.65. The summed E-state index contributed by atoms with van der Waals surface area (Å²) < 4.78 is 5.44. The molecule has 0 bridgehead atoms. The zero-order valence-corrected chi connectivity index (χ0v) is 11.3. The Morgan fingerprint density at radius 3 is 2.25 bits per heavy atom. The molecule has 0 aliphatic heterocycles. The van der Waals surface area contributed by atoms with Crippen LogP contribution < -0.4 is 4.74 Å². The molecule has 0 fully saturated rings. The normalized spacial score (nSPS) is 12.7. The summed E-state index contributed by atoms with van der Waals surface area (Å²) in [6.07, 6.45) is 0. The molecule has 0 radical (unpaired) electrons. The van der Waals surface area contributed by atoms with Gasteiger partial charge in [-0.1, -0.05) is 56.1 Å². The van der Waals surface area contributed by atoms with Gasteiger partial charge in [-0.05, 0) is 23.1 Å². The standard InChI is InChI=1S/C13H16Cl2O/c1-13(2,3)10-4-6-12(7-5-10)16-9-11(15)8-14/h4-8H,9H2,1-3H3. The molecule has 0 aromatic heterocycles. The minimum Gasteiger partial charge on any atom is -0.488 e. The number of ether oxygens (including phenoxy) is 1. The molecule has 0 unspecified atom stereocenters. The fraction of sp³-hybridized carbons (Fsp3) is 0.385. The number of hydrogen-bond acceptors (Lipinski definition) is 1. The number of benzene rings is 1. The molecule has 0 atom stereocenters. The lowest BCUT2D eigenvalue weighted by Gasteiger charge is -2.19. The van der Waals surface area contributed by atoms with Gasteiger partial charge in [-0.3, -0.25) is 0 Å². The molecule has 3 heteroatoms. The van der Waals surface area contributed by atoms with E-state index in [0.717, 1.165) is 5.75 Å². The van der Waals surface area contributed by atoms with Gasteiger partial charge < -0.3 is 4.74 Å². The molecule has 1 rings (SSSR count). The second kappa shape index (κ2) is 5.60. The monoisotopic (exact) mass is 258 g/mol. The summed E-state index contributed by atoms with van der Waals surface area (Å²) in [6, 6.07) is 8.01. The maximum atomic E-state index is 5.72. The molecule has 1 aromatic rings. The maximum absolute atomic E-state index is 5.72. The highest BCUT2D eigenvalue weighted by Crippen LogP contribution is 2.24. The van der Waals surface area contributed by atoms with E-state index < -0.39 is 0 Å². The van der Waals surface area contributed by atoms with Gasteiger partial charge in [0, 0.05) is 5.54 Å². The summed E-state index contributed by atoms with van der Waals surface area (Å²) in [6.45, 7) is 6.84. The first-order valence-electron chi connectivity index (χ1n) is 5.11. The Morgan fingerprint density at radius 2 is 1.81 bits per heavy atom. The van der Waals surface area contributed by atoms with E-state index in [2.05, 4.69) is 32.9 Å². The van der Waals surface area contributed by atoms with Gasteiger partial charge in [-0.25, -0.2) is 0 Å². The van der Waals surface area contributed by atoms with Crippen LogP contribution in [-0.2, 0) is 5.41 Å². The smallest absolute Gasteiger partial charge is 0.125 e. The molecule has 0 heterocycles. The predicted molar refractivity (Wildman–Crippen MR) is 70.4 cm³/mol. The Bertz CT molecular complexity index is 361. The third-order valence-electron chi connectivity index (χ3n) is 2.22. The Labute approximate surface area is 107 Å². The van der Waals surface area contributed by atoms with Crippen molar-refractivity contribution in [3.05, 3.63) is 40.4 Å². The highest BCUT2D eigenvalue weighted by Gasteiger charge is 2.12. The summed E-state index contributed by atoms with van der Waals surface area (Å²) >= 11 is 11.2. The maximum Gasteiger partial charge on any atom is 0.125 e. The van der Waals surface area contributed by atoms with Crippen molar-refractivity contribution in [1.29, 1.82) is 0 Å². The van der Waals surface area contributed by atoms with E-state index in [1.165, 1.54) is 11.1 Å². The van der Waals surface area contributed by atoms with Gasteiger partial charge in [0.15, 0.2) is 0 Å². The van der Waals surface area contributed by atoms with Gasteiger partial charge in [-0.15, -0.1) is 0 Å². The molecule has 1 nitrogen and oxygen atoms in total. The molecule has 16 heavy (non-hydrogen) atoms. The topological polar surface area (TPSA) is 9.23 Å². The zero-order valence-electron chi connectivity index (χ0n) is 9.76. The first-order valence-corrected chi connectivity index (χ1v) is 5.93. The lowest BCUT2D eigenvalue weighted by Crippen LogP contribution is -2.10. The summed E-state index contributed by atoms with van der Waals surface area (Å²) in [5.41, 5.74) is 2.75. The van der Waals surface area contributed by atoms with E-state index in [-0.39, 0.29) is 5.41 Å². The van der Waals surface area contributed by atoms with Crippen molar-refractivity contribution in [1.82, 2.24) is 0 Å². The van der Waals surface area contributed by atoms with Crippen LogP contribution in [0.1, 0.15) is 26.3 Å². The third-order valence-corrected chi connectivity index (χ3v) is 2.81. The lowest BCUT2D eigenvalue weighted by molar-refractivity contribution is 0.359. The number of halogens is 2. The van der Waals surface area contributed by atoms with Gasteiger partial charge in [0.2, 0.25) is 0 Å².